The van der Waals surface area contributed by atoms with Crippen LogP contribution >= 0.6 is 23.2 Å². The lowest BCUT2D eigenvalue weighted by atomic mass is 10.0. The quantitative estimate of drug-likeness (QED) is 0.350. The van der Waals surface area contributed by atoms with Gasteiger partial charge >= 0.3 is 0 Å². The van der Waals surface area contributed by atoms with E-state index in [1.807, 2.05) is 66.7 Å². The molecule has 1 atom stereocenters. The molecule has 0 saturated carbocycles. The lowest BCUT2D eigenvalue weighted by Crippen LogP contribution is -2.46. The lowest BCUT2D eigenvalue weighted by molar-refractivity contribution is -0.120. The molecule has 0 bridgehead atoms. The molecular weight excluding hydrogens is 481 g/mol. The van der Waals surface area contributed by atoms with Gasteiger partial charge in [-0.05, 0) is 65.2 Å². The average Bonchev–Trinajstić information content (AvgIpc) is 2.95. The van der Waals surface area contributed by atoms with Gasteiger partial charge in [0.1, 0.15) is 6.04 Å². The third-order valence-electron chi connectivity index (χ3n) is 6.00. The van der Waals surface area contributed by atoms with Gasteiger partial charge in [-0.15, -0.1) is 0 Å². The van der Waals surface area contributed by atoms with Gasteiger partial charge in [0.25, 0.3) is 5.91 Å². The number of halogens is 2. The van der Waals surface area contributed by atoms with Crippen molar-refractivity contribution in [1.29, 1.82) is 0 Å². The van der Waals surface area contributed by atoms with E-state index in [1.54, 1.807) is 29.3 Å². The Morgan fingerprint density at radius 1 is 0.829 bits per heavy atom. The van der Waals surface area contributed by atoms with Crippen molar-refractivity contribution >= 4 is 40.7 Å². The minimum absolute atomic E-state index is 0.243. The van der Waals surface area contributed by atoms with Crippen LogP contribution in [0.1, 0.15) is 21.6 Å². The van der Waals surface area contributed by atoms with Crippen LogP contribution in [0.4, 0.5) is 5.69 Å². The van der Waals surface area contributed by atoms with E-state index in [0.717, 1.165) is 22.4 Å². The van der Waals surface area contributed by atoms with Crippen molar-refractivity contribution in [3.05, 3.63) is 118 Å². The number of carbonyl (C=O) groups excluding carboxylic acids is 2. The number of anilines is 1. The average molecular weight is 502 g/mol. The predicted molar refractivity (Wildman–Crippen MR) is 139 cm³/mol. The zero-order valence-electron chi connectivity index (χ0n) is 18.6. The van der Waals surface area contributed by atoms with Crippen LogP contribution in [0.2, 0.25) is 10.0 Å². The number of amides is 2. The number of hydrogen-bond donors (Lipinski definition) is 1. The predicted octanol–water partition coefficient (Wildman–Crippen LogP) is 6.26. The second-order valence-electron chi connectivity index (χ2n) is 8.36. The highest BCUT2D eigenvalue weighted by Gasteiger charge is 2.36. The second-order valence-corrected chi connectivity index (χ2v) is 9.23. The van der Waals surface area contributed by atoms with E-state index in [4.69, 9.17) is 23.2 Å². The molecule has 3 aromatic carbocycles. The number of nitrogens with zero attached hydrogens (tertiary/aromatic N) is 2. The molecule has 1 aliphatic rings. The number of benzene rings is 3. The Hall–Kier alpha value is -3.67. The van der Waals surface area contributed by atoms with E-state index in [0.29, 0.717) is 21.3 Å². The van der Waals surface area contributed by atoms with Gasteiger partial charge in [0.2, 0.25) is 5.91 Å². The Morgan fingerprint density at radius 2 is 1.63 bits per heavy atom. The summed E-state index contributed by atoms with van der Waals surface area (Å²) >= 11 is 12.2. The summed E-state index contributed by atoms with van der Waals surface area (Å²) in [6.45, 7) is 0.257. The molecule has 0 aliphatic carbocycles. The third-order valence-corrected chi connectivity index (χ3v) is 6.48. The summed E-state index contributed by atoms with van der Waals surface area (Å²) < 4.78 is 0. The smallest absolute Gasteiger partial charge is 0.256 e. The van der Waals surface area contributed by atoms with Crippen molar-refractivity contribution in [1.82, 2.24) is 9.88 Å². The maximum absolute atomic E-state index is 13.7. The zero-order chi connectivity index (χ0) is 24.4. The highest BCUT2D eigenvalue weighted by atomic mass is 35.5. The number of nitrogens with one attached hydrogen (secondary N) is 1. The van der Waals surface area contributed by atoms with Gasteiger partial charge in [0, 0.05) is 34.9 Å². The molecule has 0 radical (unpaired) electrons. The Morgan fingerprint density at radius 3 is 2.40 bits per heavy atom. The van der Waals surface area contributed by atoms with Crippen LogP contribution in [0, 0.1) is 0 Å². The number of fused-ring (bicyclic) bond motifs is 1. The summed E-state index contributed by atoms with van der Waals surface area (Å²) in [5, 5.41) is 4.01. The molecule has 1 aromatic heterocycles. The first kappa shape index (κ1) is 23.1. The van der Waals surface area contributed by atoms with Gasteiger partial charge in [0.15, 0.2) is 0 Å². The van der Waals surface area contributed by atoms with Crippen molar-refractivity contribution in [2.24, 2.45) is 0 Å². The molecule has 0 saturated heterocycles. The fourth-order valence-corrected chi connectivity index (χ4v) is 4.55. The van der Waals surface area contributed by atoms with Crippen LogP contribution in [0.15, 0.2) is 91.1 Å². The van der Waals surface area contributed by atoms with Crippen molar-refractivity contribution in [2.75, 3.05) is 5.32 Å². The SMILES string of the molecule is O=C1Nc2cc(Cl)ccc2C(=O)N(Cc2cccc(-c3ccc(Cl)cc3)c2)C1Cc1ccccn1. The molecule has 2 heterocycles. The molecule has 174 valence electrons. The molecule has 5 rings (SSSR count). The van der Waals surface area contributed by atoms with Crippen LogP contribution in [0.5, 0.6) is 0 Å². The number of aromatic nitrogens is 1. The Bertz CT molecular complexity index is 1390. The van der Waals surface area contributed by atoms with Crippen LogP contribution in [0.3, 0.4) is 0 Å². The topological polar surface area (TPSA) is 62.3 Å². The summed E-state index contributed by atoms with van der Waals surface area (Å²) in [6, 6.07) is 25.2. The van der Waals surface area contributed by atoms with Crippen molar-refractivity contribution < 1.29 is 9.59 Å². The first-order chi connectivity index (χ1) is 17.0. The molecule has 1 aliphatic heterocycles. The Balaban J connectivity index is 1.53. The van der Waals surface area contributed by atoms with Crippen molar-refractivity contribution in [3.63, 3.8) is 0 Å². The van der Waals surface area contributed by atoms with Gasteiger partial charge in [0.05, 0.1) is 11.3 Å². The summed E-state index contributed by atoms with van der Waals surface area (Å²) in [5.41, 5.74) is 4.46. The van der Waals surface area contributed by atoms with Crippen LogP contribution in [-0.2, 0) is 17.8 Å². The normalized spacial score (nSPS) is 15.4. The maximum Gasteiger partial charge on any atom is 0.256 e. The van der Waals surface area contributed by atoms with Gasteiger partial charge in [-0.3, -0.25) is 14.6 Å². The molecule has 1 N–H and O–H groups in total. The Kier molecular flexibility index (Phi) is 6.53. The summed E-state index contributed by atoms with van der Waals surface area (Å²) in [4.78, 5) is 33.1. The highest BCUT2D eigenvalue weighted by Crippen LogP contribution is 2.29. The number of pyridine rings is 1. The molecule has 5 nitrogen and oxygen atoms in total. The summed E-state index contributed by atoms with van der Waals surface area (Å²) in [7, 11) is 0. The van der Waals surface area contributed by atoms with Crippen molar-refractivity contribution in [2.45, 2.75) is 19.0 Å². The van der Waals surface area contributed by atoms with Crippen LogP contribution in [0.25, 0.3) is 11.1 Å². The first-order valence-corrected chi connectivity index (χ1v) is 11.9. The van der Waals surface area contributed by atoms with E-state index >= 15 is 0 Å². The highest BCUT2D eigenvalue weighted by molar-refractivity contribution is 6.31. The molecule has 2 amide bonds. The van der Waals surface area contributed by atoms with Gasteiger partial charge in [-0.2, -0.15) is 0 Å². The third kappa shape index (κ3) is 5.06. The Labute approximate surface area is 213 Å². The fourth-order valence-electron chi connectivity index (χ4n) is 4.25. The lowest BCUT2D eigenvalue weighted by Gasteiger charge is -2.29. The van der Waals surface area contributed by atoms with E-state index in [9.17, 15) is 9.59 Å². The number of carbonyl (C=O) groups is 2. The second kappa shape index (κ2) is 9.90. The molecular formula is C28H21Cl2N3O2. The van der Waals surface area contributed by atoms with Crippen LogP contribution < -0.4 is 5.32 Å². The van der Waals surface area contributed by atoms with E-state index in [1.165, 1.54) is 0 Å². The summed E-state index contributed by atoms with van der Waals surface area (Å²) in [6.07, 6.45) is 1.97. The van der Waals surface area contributed by atoms with E-state index < -0.39 is 6.04 Å². The number of hydrogen-bond acceptors (Lipinski definition) is 3. The van der Waals surface area contributed by atoms with Gasteiger partial charge in [-0.1, -0.05) is 59.6 Å². The monoisotopic (exact) mass is 501 g/mol. The number of rotatable bonds is 5. The summed E-state index contributed by atoms with van der Waals surface area (Å²) in [5.74, 6) is -0.522. The molecule has 4 aromatic rings. The standard InChI is InChI=1S/C28H21Cl2N3O2/c29-21-9-7-19(8-10-21)20-5-3-4-18(14-20)17-33-26(16-23-6-1-2-13-31-23)27(34)32-25-15-22(30)11-12-24(25)28(33)35/h1-15,26H,16-17H2,(H,32,34). The molecule has 7 heteroatoms. The van der Waals surface area contributed by atoms with Crippen LogP contribution in [-0.4, -0.2) is 27.7 Å². The fraction of sp³-hybridized carbons (Fsp3) is 0.107. The molecule has 0 spiro atoms. The zero-order valence-corrected chi connectivity index (χ0v) is 20.1. The minimum atomic E-state index is -0.747. The van der Waals surface area contributed by atoms with E-state index in [2.05, 4.69) is 10.3 Å². The van der Waals surface area contributed by atoms with Crippen molar-refractivity contribution in [3.8, 4) is 11.1 Å². The molecule has 35 heavy (non-hydrogen) atoms. The first-order valence-electron chi connectivity index (χ1n) is 11.1. The molecule has 1 unspecified atom stereocenters. The minimum Gasteiger partial charge on any atom is -0.323 e. The van der Waals surface area contributed by atoms with Gasteiger partial charge < -0.3 is 10.2 Å². The largest absolute Gasteiger partial charge is 0.323 e. The van der Waals surface area contributed by atoms with E-state index in [-0.39, 0.29) is 24.8 Å². The maximum atomic E-state index is 13.7. The molecule has 0 fully saturated rings. The van der Waals surface area contributed by atoms with Gasteiger partial charge in [-0.25, -0.2) is 0 Å².